The van der Waals surface area contributed by atoms with Crippen molar-refractivity contribution in [2.75, 3.05) is 11.9 Å². The molecule has 1 aliphatic carbocycles. The summed E-state index contributed by atoms with van der Waals surface area (Å²) in [6.07, 6.45) is 3.53. The lowest BCUT2D eigenvalue weighted by atomic mass is 10.3. The first kappa shape index (κ1) is 11.9. The number of hydrogen-bond acceptors (Lipinski definition) is 3. The molecule has 92 valence electrons. The minimum atomic E-state index is -1.03. The third-order valence-electron chi connectivity index (χ3n) is 2.66. The highest BCUT2D eigenvalue weighted by molar-refractivity contribution is 7.14. The summed E-state index contributed by atoms with van der Waals surface area (Å²) in [5.41, 5.74) is 0.132. The Balaban J connectivity index is 1.79. The molecule has 1 fully saturated rings. The largest absolute Gasteiger partial charge is 0.478 e. The molecule has 1 aliphatic rings. The number of carboxylic acids is 1. The number of carbonyl (C=O) groups excluding carboxylic acids is 1. The molecule has 5 nitrogen and oxygen atoms in total. The lowest BCUT2D eigenvalue weighted by molar-refractivity contribution is 0.0698. The summed E-state index contributed by atoms with van der Waals surface area (Å²) in [5, 5.41) is 16.2. The van der Waals surface area contributed by atoms with Crippen molar-refractivity contribution < 1.29 is 14.7 Å². The van der Waals surface area contributed by atoms with Crippen LogP contribution in [0.2, 0.25) is 0 Å². The van der Waals surface area contributed by atoms with Gasteiger partial charge >= 0.3 is 12.0 Å². The van der Waals surface area contributed by atoms with Crippen LogP contribution < -0.4 is 10.6 Å². The Kier molecular flexibility index (Phi) is 3.63. The average molecular weight is 254 g/mol. The summed E-state index contributed by atoms with van der Waals surface area (Å²) in [4.78, 5) is 22.3. The topological polar surface area (TPSA) is 78.4 Å². The van der Waals surface area contributed by atoms with E-state index in [2.05, 4.69) is 10.6 Å². The van der Waals surface area contributed by atoms with Crippen LogP contribution in [0.4, 0.5) is 9.80 Å². The number of urea groups is 1. The molecule has 0 aromatic carbocycles. The van der Waals surface area contributed by atoms with Gasteiger partial charge in [0, 0.05) is 6.54 Å². The van der Waals surface area contributed by atoms with Gasteiger partial charge in [-0.15, -0.1) is 11.3 Å². The Morgan fingerprint density at radius 2 is 2.24 bits per heavy atom. The van der Waals surface area contributed by atoms with Crippen molar-refractivity contribution in [3.63, 3.8) is 0 Å². The zero-order valence-corrected chi connectivity index (χ0v) is 10.0. The van der Waals surface area contributed by atoms with Gasteiger partial charge in [-0.1, -0.05) is 12.8 Å². The van der Waals surface area contributed by atoms with Gasteiger partial charge in [0.2, 0.25) is 0 Å². The predicted octanol–water partition coefficient (Wildman–Crippen LogP) is 2.37. The summed E-state index contributed by atoms with van der Waals surface area (Å²) >= 11 is 1.21. The van der Waals surface area contributed by atoms with Gasteiger partial charge < -0.3 is 10.4 Å². The van der Waals surface area contributed by atoms with Crippen molar-refractivity contribution in [3.8, 4) is 0 Å². The van der Waals surface area contributed by atoms with Crippen LogP contribution in [-0.4, -0.2) is 23.7 Å². The second-order valence-corrected chi connectivity index (χ2v) is 5.00. The van der Waals surface area contributed by atoms with Gasteiger partial charge in [-0.3, -0.25) is 5.32 Å². The average Bonchev–Trinajstić information content (AvgIpc) is 2.96. The number of aromatic carboxylic acids is 1. The van der Waals surface area contributed by atoms with Crippen molar-refractivity contribution in [1.82, 2.24) is 5.32 Å². The van der Waals surface area contributed by atoms with Crippen molar-refractivity contribution in [2.24, 2.45) is 5.92 Å². The highest BCUT2D eigenvalue weighted by atomic mass is 32.1. The van der Waals surface area contributed by atoms with E-state index < -0.39 is 5.97 Å². The second-order valence-electron chi connectivity index (χ2n) is 4.08. The molecule has 0 atom stereocenters. The molecule has 0 saturated heterocycles. The number of thiophene rings is 1. The van der Waals surface area contributed by atoms with E-state index in [-0.39, 0.29) is 11.6 Å². The van der Waals surface area contributed by atoms with Crippen LogP contribution in [0.25, 0.3) is 0 Å². The van der Waals surface area contributed by atoms with Gasteiger partial charge in [0.05, 0.1) is 5.56 Å². The zero-order chi connectivity index (χ0) is 12.3. The summed E-state index contributed by atoms with van der Waals surface area (Å²) in [5.74, 6) is -0.258. The molecule has 3 N–H and O–H groups in total. The second kappa shape index (κ2) is 5.18. The van der Waals surface area contributed by atoms with Gasteiger partial charge in [0.25, 0.3) is 0 Å². The number of carboxylic acid groups (broad SMARTS) is 1. The quantitative estimate of drug-likeness (QED) is 0.754. The molecule has 1 heterocycles. The number of carbonyl (C=O) groups is 2. The fourth-order valence-electron chi connectivity index (χ4n) is 1.52. The van der Waals surface area contributed by atoms with Crippen molar-refractivity contribution >= 4 is 28.3 Å². The summed E-state index contributed by atoms with van der Waals surface area (Å²) in [7, 11) is 0. The Labute approximate surface area is 103 Å². The van der Waals surface area contributed by atoms with E-state index in [0.717, 1.165) is 12.3 Å². The van der Waals surface area contributed by atoms with E-state index >= 15 is 0 Å². The van der Waals surface area contributed by atoms with Crippen LogP contribution in [0.3, 0.4) is 0 Å². The van der Waals surface area contributed by atoms with E-state index in [1.54, 1.807) is 5.38 Å². The SMILES string of the molecule is O=C(NCCC1CC1)Nc1sccc1C(=O)O. The van der Waals surface area contributed by atoms with Crippen LogP contribution in [-0.2, 0) is 0 Å². The van der Waals surface area contributed by atoms with E-state index in [4.69, 9.17) is 5.11 Å². The highest BCUT2D eigenvalue weighted by Crippen LogP contribution is 2.31. The van der Waals surface area contributed by atoms with Crippen LogP contribution in [0.15, 0.2) is 11.4 Å². The van der Waals surface area contributed by atoms with Gasteiger partial charge in [-0.25, -0.2) is 9.59 Å². The summed E-state index contributed by atoms with van der Waals surface area (Å²) in [6.45, 7) is 0.643. The standard InChI is InChI=1S/C11H14N2O3S/c14-10(15)8-4-6-17-9(8)13-11(16)12-5-3-7-1-2-7/h4,6-7H,1-3,5H2,(H,14,15)(H2,12,13,16). The normalized spacial score (nSPS) is 14.4. The first-order valence-electron chi connectivity index (χ1n) is 5.52. The summed E-state index contributed by atoms with van der Waals surface area (Å²) < 4.78 is 0. The first-order valence-corrected chi connectivity index (χ1v) is 6.40. The van der Waals surface area contributed by atoms with Crippen molar-refractivity contribution in [2.45, 2.75) is 19.3 Å². The maximum absolute atomic E-state index is 11.5. The zero-order valence-electron chi connectivity index (χ0n) is 9.23. The number of rotatable bonds is 5. The highest BCUT2D eigenvalue weighted by Gasteiger charge is 2.20. The lowest BCUT2D eigenvalue weighted by Crippen LogP contribution is -2.29. The molecular formula is C11H14N2O3S. The number of hydrogen-bond donors (Lipinski definition) is 3. The Bertz CT molecular complexity index is 426. The fourth-order valence-corrected chi connectivity index (χ4v) is 2.29. The monoisotopic (exact) mass is 254 g/mol. The number of nitrogens with one attached hydrogen (secondary N) is 2. The van der Waals surface area contributed by atoms with Crippen molar-refractivity contribution in [3.05, 3.63) is 17.0 Å². The molecule has 0 spiro atoms. The molecule has 1 saturated carbocycles. The minimum absolute atomic E-state index is 0.132. The Hall–Kier alpha value is -1.56. The number of anilines is 1. The van der Waals surface area contributed by atoms with E-state index in [1.165, 1.54) is 30.2 Å². The first-order chi connectivity index (χ1) is 8.16. The van der Waals surface area contributed by atoms with Crippen LogP contribution >= 0.6 is 11.3 Å². The molecular weight excluding hydrogens is 240 g/mol. The predicted molar refractivity (Wildman–Crippen MR) is 65.6 cm³/mol. The van der Waals surface area contributed by atoms with Gasteiger partial charge in [-0.2, -0.15) is 0 Å². The maximum atomic E-state index is 11.5. The maximum Gasteiger partial charge on any atom is 0.338 e. The molecule has 1 aromatic heterocycles. The molecule has 0 unspecified atom stereocenters. The van der Waals surface area contributed by atoms with Gasteiger partial charge in [0.15, 0.2) is 0 Å². The lowest BCUT2D eigenvalue weighted by Gasteiger charge is -2.06. The molecule has 0 bridgehead atoms. The Morgan fingerprint density at radius 1 is 1.47 bits per heavy atom. The van der Waals surface area contributed by atoms with Gasteiger partial charge in [-0.05, 0) is 23.8 Å². The van der Waals surface area contributed by atoms with E-state index in [1.807, 2.05) is 0 Å². The molecule has 6 heteroatoms. The molecule has 1 aromatic rings. The van der Waals surface area contributed by atoms with Crippen LogP contribution in [0, 0.1) is 5.92 Å². The number of amides is 2. The Morgan fingerprint density at radius 3 is 2.88 bits per heavy atom. The molecule has 0 aliphatic heterocycles. The minimum Gasteiger partial charge on any atom is -0.478 e. The van der Waals surface area contributed by atoms with E-state index in [9.17, 15) is 9.59 Å². The van der Waals surface area contributed by atoms with Crippen molar-refractivity contribution in [1.29, 1.82) is 0 Å². The molecule has 2 rings (SSSR count). The smallest absolute Gasteiger partial charge is 0.338 e. The fraction of sp³-hybridized carbons (Fsp3) is 0.455. The summed E-state index contributed by atoms with van der Waals surface area (Å²) in [6, 6.07) is 1.14. The van der Waals surface area contributed by atoms with Gasteiger partial charge in [0.1, 0.15) is 5.00 Å². The molecule has 2 amide bonds. The van der Waals surface area contributed by atoms with Crippen LogP contribution in [0.1, 0.15) is 29.6 Å². The third kappa shape index (κ3) is 3.45. The van der Waals surface area contributed by atoms with Crippen LogP contribution in [0.5, 0.6) is 0 Å². The van der Waals surface area contributed by atoms with E-state index in [0.29, 0.717) is 11.5 Å². The molecule has 17 heavy (non-hydrogen) atoms. The molecule has 0 radical (unpaired) electrons. The third-order valence-corrected chi connectivity index (χ3v) is 3.49.